The number of nitrogens with one attached hydrogen (secondary N) is 2. The summed E-state index contributed by atoms with van der Waals surface area (Å²) in [5.74, 6) is 1.43. The highest BCUT2D eigenvalue weighted by Gasteiger charge is 2.22. The molecule has 1 amide bonds. The van der Waals surface area contributed by atoms with E-state index in [0.717, 1.165) is 28.0 Å². The summed E-state index contributed by atoms with van der Waals surface area (Å²) in [6.07, 6.45) is 0. The first-order valence-electron chi connectivity index (χ1n) is 10.9. The third-order valence-electron chi connectivity index (χ3n) is 5.89. The van der Waals surface area contributed by atoms with E-state index in [1.165, 1.54) is 18.2 Å². The minimum absolute atomic E-state index is 0.0422. The molecule has 164 valence electrons. The summed E-state index contributed by atoms with van der Waals surface area (Å²) in [6.45, 7) is 9.10. The van der Waals surface area contributed by atoms with Crippen LogP contribution in [0.2, 0.25) is 0 Å². The van der Waals surface area contributed by atoms with E-state index in [1.54, 1.807) is 0 Å². The maximum atomic E-state index is 11.3. The number of aromatic nitrogens is 3. The lowest BCUT2D eigenvalue weighted by molar-refractivity contribution is -0.118. The summed E-state index contributed by atoms with van der Waals surface area (Å²) in [4.78, 5) is 21.2. The van der Waals surface area contributed by atoms with Gasteiger partial charge in [0.1, 0.15) is 11.5 Å². The van der Waals surface area contributed by atoms with E-state index < -0.39 is 0 Å². The normalized spacial score (nSPS) is 12.0. The highest BCUT2D eigenvalue weighted by Crippen LogP contribution is 2.35. The average Bonchev–Trinajstić information content (AvgIpc) is 3.07. The Hall–Kier alpha value is -3.67. The number of rotatable bonds is 7. The maximum Gasteiger partial charge on any atom is 0.216 e. The molecule has 2 aromatic carbocycles. The van der Waals surface area contributed by atoms with Gasteiger partial charge in [0.2, 0.25) is 5.91 Å². The summed E-state index contributed by atoms with van der Waals surface area (Å²) < 4.78 is 2.30. The highest BCUT2D eigenvalue weighted by molar-refractivity contribution is 5.93. The van der Waals surface area contributed by atoms with Gasteiger partial charge >= 0.3 is 0 Å². The number of anilines is 1. The molecule has 4 rings (SSSR count). The quantitative estimate of drug-likeness (QED) is 0.413. The molecule has 0 radical (unpaired) electrons. The van der Waals surface area contributed by atoms with Gasteiger partial charge < -0.3 is 15.2 Å². The largest absolute Gasteiger partial charge is 0.368 e. The number of benzene rings is 2. The Labute approximate surface area is 188 Å². The van der Waals surface area contributed by atoms with E-state index in [-0.39, 0.29) is 11.9 Å². The second-order valence-corrected chi connectivity index (χ2v) is 8.04. The van der Waals surface area contributed by atoms with Crippen molar-refractivity contribution in [2.24, 2.45) is 0 Å². The van der Waals surface area contributed by atoms with Crippen LogP contribution in [0, 0.1) is 13.8 Å². The fourth-order valence-corrected chi connectivity index (χ4v) is 4.11. The van der Waals surface area contributed by atoms with Crippen molar-refractivity contribution in [1.29, 1.82) is 0 Å². The number of carbonyl (C=O) groups is 1. The molecule has 2 N–H and O–H groups in total. The van der Waals surface area contributed by atoms with Gasteiger partial charge in [-0.15, -0.1) is 0 Å². The van der Waals surface area contributed by atoms with Crippen molar-refractivity contribution in [2.45, 2.75) is 33.7 Å². The molecule has 0 unspecified atom stereocenters. The highest BCUT2D eigenvalue weighted by atomic mass is 16.1. The van der Waals surface area contributed by atoms with Crippen LogP contribution in [0.15, 0.2) is 60.7 Å². The van der Waals surface area contributed by atoms with E-state index in [0.29, 0.717) is 18.9 Å². The van der Waals surface area contributed by atoms with Crippen LogP contribution < -0.4 is 10.6 Å². The first kappa shape index (κ1) is 21.6. The predicted octanol–water partition coefficient (Wildman–Crippen LogP) is 4.87. The molecule has 2 heterocycles. The van der Waals surface area contributed by atoms with E-state index in [2.05, 4.69) is 60.2 Å². The summed E-state index contributed by atoms with van der Waals surface area (Å²) in [5, 5.41) is 7.29. The lowest BCUT2D eigenvalue weighted by Gasteiger charge is -2.18. The molecular formula is C26H29N5O. The van der Waals surface area contributed by atoms with Crippen LogP contribution >= 0.6 is 0 Å². The van der Waals surface area contributed by atoms with Crippen molar-refractivity contribution < 1.29 is 4.79 Å². The number of hydrogen-bond acceptors (Lipinski definition) is 4. The summed E-state index contributed by atoms with van der Waals surface area (Å²) in [6, 6.07) is 20.6. The molecular weight excluding hydrogens is 398 g/mol. The Bertz CT molecular complexity index is 1230. The van der Waals surface area contributed by atoms with Crippen LogP contribution in [-0.2, 0) is 4.79 Å². The summed E-state index contributed by atoms with van der Waals surface area (Å²) in [7, 11) is 0. The van der Waals surface area contributed by atoms with Gasteiger partial charge in [-0.25, -0.2) is 9.97 Å². The Morgan fingerprint density at radius 1 is 0.969 bits per heavy atom. The topological polar surface area (TPSA) is 71.8 Å². The molecule has 32 heavy (non-hydrogen) atoms. The van der Waals surface area contributed by atoms with Crippen LogP contribution in [0.5, 0.6) is 0 Å². The van der Waals surface area contributed by atoms with E-state index >= 15 is 0 Å². The minimum Gasteiger partial charge on any atom is -0.368 e. The van der Waals surface area contributed by atoms with Crippen LogP contribution in [0.3, 0.4) is 0 Å². The second kappa shape index (κ2) is 9.22. The number of carbonyl (C=O) groups excluding carboxylic acids is 1. The van der Waals surface area contributed by atoms with E-state index in [9.17, 15) is 4.79 Å². The number of aryl methyl sites for hydroxylation is 1. The van der Waals surface area contributed by atoms with Crippen LogP contribution in [0.25, 0.3) is 22.4 Å². The predicted molar refractivity (Wildman–Crippen MR) is 130 cm³/mol. The molecule has 0 spiro atoms. The smallest absolute Gasteiger partial charge is 0.216 e. The van der Waals surface area contributed by atoms with Gasteiger partial charge in [0.05, 0.1) is 11.4 Å². The average molecular weight is 428 g/mol. The van der Waals surface area contributed by atoms with E-state index in [4.69, 9.17) is 9.97 Å². The number of hydrogen-bond donors (Lipinski definition) is 2. The van der Waals surface area contributed by atoms with Crippen LogP contribution in [0.1, 0.15) is 36.7 Å². The molecule has 6 nitrogen and oxygen atoms in total. The standard InChI is InChI=1S/C26H29N5O/c1-17-18(2)31(19(3)21-11-7-5-8-12-21)26-23(17)25(28-16-15-27-20(4)32)29-24(30-26)22-13-9-6-10-14-22/h5-14,19H,15-16H2,1-4H3,(H,27,32)(H,28,29,30)/t19-/m0/s1. The second-order valence-electron chi connectivity index (χ2n) is 8.04. The van der Waals surface area contributed by atoms with Gasteiger partial charge in [-0.05, 0) is 31.9 Å². The lowest BCUT2D eigenvalue weighted by atomic mass is 10.1. The zero-order valence-electron chi connectivity index (χ0n) is 19.0. The first-order chi connectivity index (χ1) is 15.5. The summed E-state index contributed by atoms with van der Waals surface area (Å²) >= 11 is 0. The van der Waals surface area contributed by atoms with Crippen molar-refractivity contribution in [3.63, 3.8) is 0 Å². The molecule has 0 saturated carbocycles. The zero-order valence-corrected chi connectivity index (χ0v) is 19.0. The first-order valence-corrected chi connectivity index (χ1v) is 10.9. The monoisotopic (exact) mass is 427 g/mol. The number of fused-ring (bicyclic) bond motifs is 1. The Balaban J connectivity index is 1.87. The fourth-order valence-electron chi connectivity index (χ4n) is 4.11. The zero-order chi connectivity index (χ0) is 22.7. The van der Waals surface area contributed by atoms with Crippen molar-refractivity contribution in [3.8, 4) is 11.4 Å². The van der Waals surface area contributed by atoms with Crippen molar-refractivity contribution in [2.75, 3.05) is 18.4 Å². The molecule has 4 aromatic rings. The van der Waals surface area contributed by atoms with Crippen molar-refractivity contribution in [1.82, 2.24) is 19.9 Å². The van der Waals surface area contributed by atoms with E-state index in [1.807, 2.05) is 36.4 Å². The molecule has 0 fully saturated rings. The van der Waals surface area contributed by atoms with Gasteiger partial charge in [0.15, 0.2) is 5.82 Å². The van der Waals surface area contributed by atoms with Crippen molar-refractivity contribution in [3.05, 3.63) is 77.5 Å². The number of amides is 1. The Morgan fingerprint density at radius 2 is 1.62 bits per heavy atom. The summed E-state index contributed by atoms with van der Waals surface area (Å²) in [5.41, 5.74) is 5.43. The maximum absolute atomic E-state index is 11.3. The Kier molecular flexibility index (Phi) is 6.21. The third-order valence-corrected chi connectivity index (χ3v) is 5.89. The SMILES string of the molecule is CC(=O)NCCNc1nc(-c2ccccc2)nc2c1c(C)c(C)n2[C@@H](C)c1ccccc1. The molecule has 6 heteroatoms. The molecule has 0 aliphatic rings. The minimum atomic E-state index is -0.0422. The lowest BCUT2D eigenvalue weighted by Crippen LogP contribution is -2.26. The molecule has 0 saturated heterocycles. The van der Waals surface area contributed by atoms with Gasteiger partial charge in [-0.1, -0.05) is 60.7 Å². The fraction of sp³-hybridized carbons (Fsp3) is 0.269. The third kappa shape index (κ3) is 4.21. The molecule has 0 aliphatic carbocycles. The van der Waals surface area contributed by atoms with Gasteiger partial charge in [0, 0.05) is 31.3 Å². The van der Waals surface area contributed by atoms with Crippen LogP contribution in [0.4, 0.5) is 5.82 Å². The molecule has 1 atom stereocenters. The number of nitrogens with zero attached hydrogens (tertiary/aromatic N) is 3. The molecule has 0 bridgehead atoms. The molecule has 2 aromatic heterocycles. The van der Waals surface area contributed by atoms with Gasteiger partial charge in [-0.3, -0.25) is 4.79 Å². The molecule has 0 aliphatic heterocycles. The van der Waals surface area contributed by atoms with Crippen LogP contribution in [-0.4, -0.2) is 33.5 Å². The van der Waals surface area contributed by atoms with Gasteiger partial charge in [-0.2, -0.15) is 0 Å². The Morgan fingerprint density at radius 3 is 2.28 bits per heavy atom. The van der Waals surface area contributed by atoms with Crippen molar-refractivity contribution >= 4 is 22.8 Å². The van der Waals surface area contributed by atoms with Gasteiger partial charge in [0.25, 0.3) is 0 Å².